The number of hydrogen-bond acceptors (Lipinski definition) is 2. The van der Waals surface area contributed by atoms with Gasteiger partial charge in [0, 0.05) is 11.1 Å². The normalized spacial score (nSPS) is 18.2. The Labute approximate surface area is 108 Å². The fourth-order valence-corrected chi connectivity index (χ4v) is 2.74. The van der Waals surface area contributed by atoms with Gasteiger partial charge in [0.15, 0.2) is 0 Å². The number of hydrogen-bond donors (Lipinski definition) is 1. The van der Waals surface area contributed by atoms with Crippen LogP contribution in [0.15, 0.2) is 24.3 Å². The Morgan fingerprint density at radius 3 is 2.82 bits per heavy atom. The number of ether oxygens (including phenoxy) is 1. The van der Waals surface area contributed by atoms with Gasteiger partial charge in [-0.25, -0.2) is 0 Å². The summed E-state index contributed by atoms with van der Waals surface area (Å²) in [5, 5.41) is 4.10. The molecule has 0 spiro atoms. The van der Waals surface area contributed by atoms with Gasteiger partial charge in [0.2, 0.25) is 0 Å². The van der Waals surface area contributed by atoms with E-state index < -0.39 is 0 Å². The lowest BCUT2D eigenvalue weighted by molar-refractivity contribution is 0.225. The van der Waals surface area contributed by atoms with Crippen molar-refractivity contribution in [2.24, 2.45) is 5.92 Å². The first-order chi connectivity index (χ1) is 8.29. The van der Waals surface area contributed by atoms with Crippen molar-refractivity contribution in [2.75, 3.05) is 13.7 Å². The third kappa shape index (κ3) is 3.62. The minimum Gasteiger partial charge on any atom is -0.492 e. The molecule has 1 fully saturated rings. The van der Waals surface area contributed by atoms with Crippen LogP contribution in [0.2, 0.25) is 5.02 Å². The molecule has 2 nitrogen and oxygen atoms in total. The van der Waals surface area contributed by atoms with E-state index in [9.17, 15) is 0 Å². The summed E-state index contributed by atoms with van der Waals surface area (Å²) in [6.07, 6.45) is 5.37. The van der Waals surface area contributed by atoms with Crippen LogP contribution in [-0.4, -0.2) is 19.7 Å². The molecule has 1 aromatic rings. The van der Waals surface area contributed by atoms with Crippen LogP contribution in [-0.2, 0) is 0 Å². The quantitative estimate of drug-likeness (QED) is 0.867. The second kappa shape index (κ2) is 6.27. The van der Waals surface area contributed by atoms with E-state index in [-0.39, 0.29) is 0 Å². The number of benzene rings is 1. The van der Waals surface area contributed by atoms with Gasteiger partial charge in [-0.15, -0.1) is 0 Å². The molecule has 17 heavy (non-hydrogen) atoms. The van der Waals surface area contributed by atoms with Crippen LogP contribution in [0.4, 0.5) is 0 Å². The van der Waals surface area contributed by atoms with Crippen molar-refractivity contribution in [3.63, 3.8) is 0 Å². The zero-order valence-corrected chi connectivity index (χ0v) is 11.0. The summed E-state index contributed by atoms with van der Waals surface area (Å²) in [4.78, 5) is 0. The van der Waals surface area contributed by atoms with Gasteiger partial charge >= 0.3 is 0 Å². The molecule has 1 aliphatic carbocycles. The Balaban J connectivity index is 1.87. The smallest absolute Gasteiger partial charge is 0.120 e. The van der Waals surface area contributed by atoms with E-state index in [1.807, 2.05) is 31.3 Å². The minimum atomic E-state index is 0.455. The van der Waals surface area contributed by atoms with E-state index in [0.29, 0.717) is 6.04 Å². The molecule has 0 aliphatic heterocycles. The Bertz CT molecular complexity index is 350. The summed E-state index contributed by atoms with van der Waals surface area (Å²) in [5.41, 5.74) is 0. The summed E-state index contributed by atoms with van der Waals surface area (Å²) < 4.78 is 5.81. The van der Waals surface area contributed by atoms with Gasteiger partial charge in [-0.05, 0) is 44.0 Å². The van der Waals surface area contributed by atoms with Crippen molar-refractivity contribution in [3.05, 3.63) is 29.3 Å². The Hall–Kier alpha value is -0.730. The molecule has 0 radical (unpaired) electrons. The molecule has 0 amide bonds. The van der Waals surface area contributed by atoms with E-state index >= 15 is 0 Å². The Morgan fingerprint density at radius 1 is 1.41 bits per heavy atom. The first kappa shape index (κ1) is 12.7. The summed E-state index contributed by atoms with van der Waals surface area (Å²) in [5.74, 6) is 1.62. The first-order valence-corrected chi connectivity index (χ1v) is 6.73. The Morgan fingerprint density at radius 2 is 2.18 bits per heavy atom. The predicted octanol–water partition coefficient (Wildman–Crippen LogP) is 3.50. The van der Waals surface area contributed by atoms with Gasteiger partial charge in [0.1, 0.15) is 12.4 Å². The predicted molar refractivity (Wildman–Crippen MR) is 71.8 cm³/mol. The monoisotopic (exact) mass is 253 g/mol. The maximum absolute atomic E-state index is 5.93. The van der Waals surface area contributed by atoms with Gasteiger partial charge in [-0.3, -0.25) is 0 Å². The van der Waals surface area contributed by atoms with Gasteiger partial charge in [0.25, 0.3) is 0 Å². The number of rotatable bonds is 5. The largest absolute Gasteiger partial charge is 0.492 e. The molecular formula is C14H20ClNO. The van der Waals surface area contributed by atoms with Crippen LogP contribution in [0.5, 0.6) is 5.75 Å². The zero-order chi connectivity index (χ0) is 12.1. The third-order valence-electron chi connectivity index (χ3n) is 3.57. The lowest BCUT2D eigenvalue weighted by atomic mass is 9.99. The fourth-order valence-electron chi connectivity index (χ4n) is 2.56. The maximum Gasteiger partial charge on any atom is 0.120 e. The average Bonchev–Trinajstić information content (AvgIpc) is 2.84. The van der Waals surface area contributed by atoms with E-state index in [1.54, 1.807) is 0 Å². The molecule has 2 rings (SSSR count). The molecular weight excluding hydrogens is 234 g/mol. The van der Waals surface area contributed by atoms with Crippen molar-refractivity contribution in [2.45, 2.75) is 31.7 Å². The highest BCUT2D eigenvalue weighted by atomic mass is 35.5. The van der Waals surface area contributed by atoms with E-state index in [4.69, 9.17) is 16.3 Å². The van der Waals surface area contributed by atoms with Gasteiger partial charge in [0.05, 0.1) is 0 Å². The van der Waals surface area contributed by atoms with Gasteiger partial charge in [-0.2, -0.15) is 0 Å². The molecule has 1 N–H and O–H groups in total. The maximum atomic E-state index is 5.93. The lowest BCUT2D eigenvalue weighted by Gasteiger charge is -2.23. The van der Waals surface area contributed by atoms with Gasteiger partial charge in [-0.1, -0.05) is 30.5 Å². The van der Waals surface area contributed by atoms with Gasteiger partial charge < -0.3 is 10.1 Å². The number of nitrogens with one attached hydrogen (secondary N) is 1. The first-order valence-electron chi connectivity index (χ1n) is 6.35. The molecule has 94 valence electrons. The highest BCUT2D eigenvalue weighted by Gasteiger charge is 2.24. The summed E-state index contributed by atoms with van der Waals surface area (Å²) in [7, 11) is 2.02. The highest BCUT2D eigenvalue weighted by molar-refractivity contribution is 6.30. The number of halogens is 1. The molecule has 0 aromatic heterocycles. The molecule has 1 aromatic carbocycles. The molecule has 0 bridgehead atoms. The molecule has 1 unspecified atom stereocenters. The van der Waals surface area contributed by atoms with Crippen LogP contribution in [0.1, 0.15) is 25.7 Å². The van der Waals surface area contributed by atoms with Crippen molar-refractivity contribution in [1.82, 2.24) is 5.32 Å². The zero-order valence-electron chi connectivity index (χ0n) is 10.3. The summed E-state index contributed by atoms with van der Waals surface area (Å²) in [6, 6.07) is 8.05. The van der Waals surface area contributed by atoms with Crippen LogP contribution in [0.25, 0.3) is 0 Å². The van der Waals surface area contributed by atoms with Crippen molar-refractivity contribution >= 4 is 11.6 Å². The summed E-state index contributed by atoms with van der Waals surface area (Å²) in [6.45, 7) is 0.724. The fraction of sp³-hybridized carbons (Fsp3) is 0.571. The molecule has 0 heterocycles. The summed E-state index contributed by atoms with van der Waals surface area (Å²) >= 11 is 5.93. The standard InChI is InChI=1S/C14H20ClNO/c1-16-14(11-5-2-3-6-11)10-17-13-8-4-7-12(15)9-13/h4,7-9,11,14,16H,2-3,5-6,10H2,1H3. The number of likely N-dealkylation sites (N-methyl/N-ethyl adjacent to an activating group) is 1. The van der Waals surface area contributed by atoms with Crippen LogP contribution in [0, 0.1) is 5.92 Å². The van der Waals surface area contributed by atoms with Crippen molar-refractivity contribution in [3.8, 4) is 5.75 Å². The van der Waals surface area contributed by atoms with Crippen LogP contribution in [0.3, 0.4) is 0 Å². The van der Waals surface area contributed by atoms with Crippen LogP contribution < -0.4 is 10.1 Å². The Kier molecular flexibility index (Phi) is 4.69. The van der Waals surface area contributed by atoms with Crippen molar-refractivity contribution < 1.29 is 4.74 Å². The molecule has 1 saturated carbocycles. The lowest BCUT2D eigenvalue weighted by Crippen LogP contribution is -2.37. The topological polar surface area (TPSA) is 21.3 Å². The average molecular weight is 254 g/mol. The molecule has 0 saturated heterocycles. The third-order valence-corrected chi connectivity index (χ3v) is 3.80. The second-order valence-electron chi connectivity index (χ2n) is 4.71. The van der Waals surface area contributed by atoms with E-state index in [1.165, 1.54) is 25.7 Å². The second-order valence-corrected chi connectivity index (χ2v) is 5.14. The van der Waals surface area contributed by atoms with E-state index in [2.05, 4.69) is 5.32 Å². The molecule has 3 heteroatoms. The van der Waals surface area contributed by atoms with Crippen LogP contribution >= 0.6 is 11.6 Å². The van der Waals surface area contributed by atoms with Crippen molar-refractivity contribution in [1.29, 1.82) is 0 Å². The van der Waals surface area contributed by atoms with E-state index in [0.717, 1.165) is 23.3 Å². The SMILES string of the molecule is CNC(COc1cccc(Cl)c1)C1CCCC1. The minimum absolute atomic E-state index is 0.455. The highest BCUT2D eigenvalue weighted by Crippen LogP contribution is 2.28. The molecule has 1 aliphatic rings. The molecule has 1 atom stereocenters.